The van der Waals surface area contributed by atoms with Crippen LogP contribution in [0.5, 0.6) is 5.75 Å². The van der Waals surface area contributed by atoms with Crippen LogP contribution in [0.3, 0.4) is 0 Å². The van der Waals surface area contributed by atoms with Crippen LogP contribution in [0.2, 0.25) is 0 Å². The first kappa shape index (κ1) is 41.6. The molecule has 3 amide bonds. The van der Waals surface area contributed by atoms with Gasteiger partial charge < -0.3 is 29.8 Å². The predicted octanol–water partition coefficient (Wildman–Crippen LogP) is 6.84. The standard InChI is InChI=1S/C46H54FN9O5/c1-24-30(25(2)50-44(59)42-53-45(61-54-42)46(3,4)5)12-13-32(39(24)47)40(48)38-33-22-36(60-7)35(23-34(33)51-41(38)49-6)56-18-16-55(17-19-56)29-20-28(21-29)26-8-10-27(11-9-26)31-14-15-37(57)52-43(31)58/h8-13,22-23,25,28-29,31,48-49,51H,14-21H2,1-7H3,(H,50,59)(H,52,57,58)/t25-,28?,29?,31+/m1/s1. The molecule has 0 unspecified atom stereocenters. The lowest BCUT2D eigenvalue weighted by Gasteiger charge is -2.47. The van der Waals surface area contributed by atoms with E-state index in [9.17, 15) is 19.8 Å². The Balaban J connectivity index is 0.925. The fourth-order valence-electron chi connectivity index (χ4n) is 9.02. The first-order valence-corrected chi connectivity index (χ1v) is 21.0. The highest BCUT2D eigenvalue weighted by Crippen LogP contribution is 2.42. The summed E-state index contributed by atoms with van der Waals surface area (Å²) in [6.45, 7) is 12.6. The Hall–Kier alpha value is -6.09. The fourth-order valence-corrected chi connectivity index (χ4v) is 9.02. The molecule has 1 aliphatic carbocycles. The van der Waals surface area contributed by atoms with Crippen LogP contribution in [0.1, 0.15) is 121 Å². The molecule has 14 nitrogen and oxygen atoms in total. The smallest absolute Gasteiger partial charge is 0.293 e. The molecule has 3 aliphatic rings. The van der Waals surface area contributed by atoms with Crippen molar-refractivity contribution < 1.29 is 28.0 Å². The Labute approximate surface area is 354 Å². The van der Waals surface area contributed by atoms with E-state index in [2.05, 4.69) is 59.1 Å². The number of amides is 3. The Morgan fingerprint density at radius 3 is 2.39 bits per heavy atom. The van der Waals surface area contributed by atoms with Gasteiger partial charge in [-0.1, -0.05) is 56.3 Å². The molecule has 15 heteroatoms. The van der Waals surface area contributed by atoms with Crippen LogP contribution in [-0.2, 0) is 15.0 Å². The largest absolute Gasteiger partial charge is 0.495 e. The van der Waals surface area contributed by atoms with E-state index in [0.29, 0.717) is 58.9 Å². The van der Waals surface area contributed by atoms with Crippen LogP contribution in [0.4, 0.5) is 15.9 Å². The van der Waals surface area contributed by atoms with Gasteiger partial charge in [0.15, 0.2) is 0 Å². The molecule has 2 aromatic heterocycles. The van der Waals surface area contributed by atoms with Crippen LogP contribution in [0, 0.1) is 18.2 Å². The number of piperazine rings is 1. The molecule has 5 N–H and O–H groups in total. The summed E-state index contributed by atoms with van der Waals surface area (Å²) in [5, 5.41) is 22.4. The number of fused-ring (bicyclic) bond motifs is 1. The number of H-pyrrole nitrogens is 1. The van der Waals surface area contributed by atoms with Crippen LogP contribution in [-0.4, -0.2) is 89.8 Å². The molecule has 1 saturated carbocycles. The second-order valence-corrected chi connectivity index (χ2v) is 17.6. The number of hydrogen-bond donors (Lipinski definition) is 5. The van der Waals surface area contributed by atoms with E-state index >= 15 is 4.39 Å². The SMILES string of the molecule is CNc1[nH]c2cc(N3CCN(C4CC(c5ccc([C@@H]6CCC(=O)NC6=O)cc5)C4)CC3)c(OC)cc2c1C(=N)c1ccc([C@@H](C)NC(=O)c2noc(C(C)(C)C)n2)c(C)c1F. The predicted molar refractivity (Wildman–Crippen MR) is 231 cm³/mol. The van der Waals surface area contributed by atoms with Crippen molar-refractivity contribution in [2.45, 2.75) is 89.6 Å². The number of piperidine rings is 1. The van der Waals surface area contributed by atoms with Crippen molar-refractivity contribution in [1.82, 2.24) is 30.7 Å². The molecule has 8 rings (SSSR count). The summed E-state index contributed by atoms with van der Waals surface area (Å²) in [4.78, 5) is 49.5. The molecule has 3 fully saturated rings. The maximum atomic E-state index is 16.3. The number of halogens is 1. The first-order valence-electron chi connectivity index (χ1n) is 21.0. The lowest BCUT2D eigenvalue weighted by Crippen LogP contribution is -2.53. The number of nitrogens with zero attached hydrogens (tertiary/aromatic N) is 4. The summed E-state index contributed by atoms with van der Waals surface area (Å²) in [6, 6.07) is 15.6. The Morgan fingerprint density at radius 2 is 1.75 bits per heavy atom. The number of aromatic nitrogens is 3. The summed E-state index contributed by atoms with van der Waals surface area (Å²) in [5.41, 5.74) is 5.15. The Morgan fingerprint density at radius 1 is 1.05 bits per heavy atom. The number of hydrogen-bond acceptors (Lipinski definition) is 11. The monoisotopic (exact) mass is 831 g/mol. The number of nitrogens with one attached hydrogen (secondary N) is 5. The van der Waals surface area contributed by atoms with Crippen molar-refractivity contribution in [2.75, 3.05) is 50.6 Å². The molecule has 3 aromatic carbocycles. The highest BCUT2D eigenvalue weighted by atomic mass is 19.1. The molecule has 0 bridgehead atoms. The molecule has 61 heavy (non-hydrogen) atoms. The molecule has 0 spiro atoms. The van der Waals surface area contributed by atoms with E-state index < -0.39 is 23.2 Å². The highest BCUT2D eigenvalue weighted by Gasteiger charge is 2.37. The van der Waals surface area contributed by atoms with Gasteiger partial charge in [0.25, 0.3) is 11.7 Å². The van der Waals surface area contributed by atoms with E-state index in [1.807, 2.05) is 39.0 Å². The third-order valence-corrected chi connectivity index (χ3v) is 12.7. The molecule has 0 radical (unpaired) electrons. The zero-order valence-corrected chi connectivity index (χ0v) is 35.8. The van der Waals surface area contributed by atoms with Gasteiger partial charge in [-0.05, 0) is 79.5 Å². The summed E-state index contributed by atoms with van der Waals surface area (Å²) < 4.78 is 27.5. The number of rotatable bonds is 11. The van der Waals surface area contributed by atoms with Crippen molar-refractivity contribution in [3.63, 3.8) is 0 Å². The van der Waals surface area contributed by atoms with Crippen molar-refractivity contribution in [3.8, 4) is 5.75 Å². The third kappa shape index (κ3) is 7.98. The first-order chi connectivity index (χ1) is 29.1. The van der Waals surface area contributed by atoms with Crippen molar-refractivity contribution in [3.05, 3.63) is 99.4 Å². The summed E-state index contributed by atoms with van der Waals surface area (Å²) >= 11 is 0. The molecule has 2 atom stereocenters. The van der Waals surface area contributed by atoms with Crippen LogP contribution in [0.15, 0.2) is 53.1 Å². The third-order valence-electron chi connectivity index (χ3n) is 12.7. The van der Waals surface area contributed by atoms with E-state index in [1.54, 1.807) is 40.1 Å². The van der Waals surface area contributed by atoms with Gasteiger partial charge in [0.2, 0.25) is 17.7 Å². The molecule has 5 aromatic rings. The maximum Gasteiger partial charge on any atom is 0.293 e. The van der Waals surface area contributed by atoms with Gasteiger partial charge in [0.05, 0.1) is 36.0 Å². The van der Waals surface area contributed by atoms with Crippen molar-refractivity contribution in [1.29, 1.82) is 5.41 Å². The topological polar surface area (TPSA) is 182 Å². The van der Waals surface area contributed by atoms with E-state index in [1.165, 1.54) is 5.56 Å². The van der Waals surface area contributed by atoms with Gasteiger partial charge >= 0.3 is 0 Å². The van der Waals surface area contributed by atoms with Gasteiger partial charge in [-0.15, -0.1) is 0 Å². The molecule has 4 heterocycles. The number of ether oxygens (including phenoxy) is 1. The number of methoxy groups -OCH3 is 1. The molecular formula is C46H54FN9O5. The average molecular weight is 832 g/mol. The van der Waals surface area contributed by atoms with Gasteiger partial charge in [0.1, 0.15) is 17.4 Å². The molecule has 2 saturated heterocycles. The van der Waals surface area contributed by atoms with Crippen LogP contribution >= 0.6 is 0 Å². The minimum Gasteiger partial charge on any atom is -0.495 e. The minimum absolute atomic E-state index is 0.00780. The number of benzene rings is 3. The second kappa shape index (κ2) is 16.4. The van der Waals surface area contributed by atoms with Crippen LogP contribution in [0.25, 0.3) is 10.9 Å². The number of aromatic amines is 1. The Bertz CT molecular complexity index is 2510. The lowest BCUT2D eigenvalue weighted by molar-refractivity contribution is -0.134. The van der Waals surface area contributed by atoms with Crippen LogP contribution < -0.4 is 25.6 Å². The number of imide groups is 1. The molecular weight excluding hydrogens is 778 g/mol. The zero-order valence-electron chi connectivity index (χ0n) is 35.8. The second-order valence-electron chi connectivity index (χ2n) is 17.6. The van der Waals surface area contributed by atoms with E-state index in [4.69, 9.17) is 9.26 Å². The normalized spacial score (nSPS) is 20.3. The Kier molecular flexibility index (Phi) is 11.2. The number of carbonyl (C=O) groups excluding carboxylic acids is 3. The average Bonchev–Trinajstić information content (AvgIpc) is 3.87. The summed E-state index contributed by atoms with van der Waals surface area (Å²) in [5.74, 6) is 0.262. The van der Waals surface area contributed by atoms with E-state index in [0.717, 1.165) is 61.2 Å². The zero-order chi connectivity index (χ0) is 43.3. The molecule has 2 aliphatic heterocycles. The number of anilines is 2. The van der Waals surface area contributed by atoms with E-state index in [-0.39, 0.29) is 34.8 Å². The lowest BCUT2D eigenvalue weighted by atomic mass is 9.74. The van der Waals surface area contributed by atoms with Crippen molar-refractivity contribution in [2.24, 2.45) is 0 Å². The maximum absolute atomic E-state index is 16.3. The minimum atomic E-state index is -0.573. The van der Waals surface area contributed by atoms with Crippen molar-refractivity contribution >= 4 is 45.8 Å². The van der Waals surface area contributed by atoms with Gasteiger partial charge in [0, 0.05) is 67.6 Å². The highest BCUT2D eigenvalue weighted by molar-refractivity contribution is 6.22. The van der Waals surface area contributed by atoms with Gasteiger partial charge in [-0.25, -0.2) is 4.39 Å². The summed E-state index contributed by atoms with van der Waals surface area (Å²) in [6.07, 6.45) is 3.12. The fraction of sp³-hybridized carbons (Fsp3) is 0.435. The van der Waals surface area contributed by atoms with Gasteiger partial charge in [-0.2, -0.15) is 4.98 Å². The van der Waals surface area contributed by atoms with Gasteiger partial charge in [-0.3, -0.25) is 30.0 Å². The number of carbonyl (C=O) groups is 3. The molecule has 320 valence electrons. The summed E-state index contributed by atoms with van der Waals surface area (Å²) in [7, 11) is 3.41. The quantitative estimate of drug-likeness (QED) is 0.0699.